The van der Waals surface area contributed by atoms with Crippen LogP contribution in [0, 0.1) is 0 Å². The third-order valence-electron chi connectivity index (χ3n) is 3.77. The highest BCUT2D eigenvalue weighted by atomic mass is 32.2. The van der Waals surface area contributed by atoms with Crippen LogP contribution in [0.4, 0.5) is 0 Å². The van der Waals surface area contributed by atoms with Gasteiger partial charge in [0, 0.05) is 45.0 Å². The fourth-order valence-electron chi connectivity index (χ4n) is 2.35. The number of sulfonamides is 1. The maximum absolute atomic E-state index is 12.3. The van der Waals surface area contributed by atoms with Crippen molar-refractivity contribution in [1.82, 2.24) is 24.3 Å². The Morgan fingerprint density at radius 3 is 2.90 bits per heavy atom. The summed E-state index contributed by atoms with van der Waals surface area (Å²) in [6.45, 7) is 4.12. The molecule has 0 spiro atoms. The lowest BCUT2D eigenvalue weighted by molar-refractivity contribution is 0.117. The molecule has 1 aromatic rings. The van der Waals surface area contributed by atoms with Crippen molar-refractivity contribution >= 4 is 10.0 Å². The van der Waals surface area contributed by atoms with Gasteiger partial charge in [-0.3, -0.25) is 9.58 Å². The summed E-state index contributed by atoms with van der Waals surface area (Å²) in [5, 5.41) is 3.99. The van der Waals surface area contributed by atoms with Gasteiger partial charge in [-0.1, -0.05) is 0 Å². The molecular formula is C12H24N6O2S. The number of hydrogen-bond donors (Lipinski definition) is 2. The van der Waals surface area contributed by atoms with Gasteiger partial charge < -0.3 is 10.6 Å². The molecular weight excluding hydrogens is 292 g/mol. The van der Waals surface area contributed by atoms with Crippen LogP contribution in [-0.4, -0.2) is 80.9 Å². The van der Waals surface area contributed by atoms with Crippen LogP contribution in [0.5, 0.6) is 0 Å². The lowest BCUT2D eigenvalue weighted by Gasteiger charge is -2.37. The van der Waals surface area contributed by atoms with Crippen LogP contribution in [0.25, 0.3) is 0 Å². The molecule has 0 saturated carbocycles. The molecule has 0 aliphatic carbocycles. The Morgan fingerprint density at radius 1 is 1.43 bits per heavy atom. The van der Waals surface area contributed by atoms with Gasteiger partial charge in [0.2, 0.25) is 10.0 Å². The minimum absolute atomic E-state index is 0.178. The molecule has 1 unspecified atom stereocenters. The van der Waals surface area contributed by atoms with Crippen molar-refractivity contribution in [3.8, 4) is 0 Å². The predicted molar refractivity (Wildman–Crippen MR) is 80.4 cm³/mol. The van der Waals surface area contributed by atoms with Gasteiger partial charge in [-0.15, -0.1) is 0 Å². The number of rotatable bonds is 6. The molecule has 1 aliphatic heterocycles. The second-order valence-corrected chi connectivity index (χ2v) is 7.24. The van der Waals surface area contributed by atoms with Crippen molar-refractivity contribution < 1.29 is 8.42 Å². The molecule has 0 radical (unpaired) electrons. The van der Waals surface area contributed by atoms with Crippen molar-refractivity contribution in [2.45, 2.75) is 17.5 Å². The van der Waals surface area contributed by atoms with E-state index in [-0.39, 0.29) is 10.9 Å². The SMILES string of the molecule is CN1CCN(C)C(CNS(=O)(=O)c2cnn(CCN)c2)C1. The van der Waals surface area contributed by atoms with Crippen LogP contribution in [0.1, 0.15) is 0 Å². The summed E-state index contributed by atoms with van der Waals surface area (Å²) in [5.41, 5.74) is 5.43. The zero-order chi connectivity index (χ0) is 15.5. The van der Waals surface area contributed by atoms with E-state index in [0.717, 1.165) is 19.6 Å². The molecule has 0 aromatic carbocycles. The molecule has 1 atom stereocenters. The molecule has 1 aromatic heterocycles. The molecule has 1 aliphatic rings. The molecule has 21 heavy (non-hydrogen) atoms. The van der Waals surface area contributed by atoms with Gasteiger partial charge in [0.1, 0.15) is 4.90 Å². The molecule has 9 heteroatoms. The highest BCUT2D eigenvalue weighted by Crippen LogP contribution is 2.09. The quantitative estimate of drug-likeness (QED) is 0.654. The first-order valence-electron chi connectivity index (χ1n) is 7.03. The second kappa shape index (κ2) is 6.84. The Balaban J connectivity index is 1.96. The molecule has 8 nitrogen and oxygen atoms in total. The minimum atomic E-state index is -3.52. The number of aromatic nitrogens is 2. The fourth-order valence-corrected chi connectivity index (χ4v) is 3.37. The Kier molecular flexibility index (Phi) is 5.33. The predicted octanol–water partition coefficient (Wildman–Crippen LogP) is -1.63. The average Bonchev–Trinajstić information content (AvgIpc) is 2.90. The van der Waals surface area contributed by atoms with E-state index in [1.165, 1.54) is 17.1 Å². The van der Waals surface area contributed by atoms with E-state index in [2.05, 4.69) is 19.6 Å². The average molecular weight is 316 g/mol. The van der Waals surface area contributed by atoms with E-state index >= 15 is 0 Å². The Bertz CT molecular complexity index is 558. The highest BCUT2D eigenvalue weighted by Gasteiger charge is 2.24. The van der Waals surface area contributed by atoms with Gasteiger partial charge in [0.15, 0.2) is 0 Å². The van der Waals surface area contributed by atoms with E-state index < -0.39 is 10.0 Å². The zero-order valence-electron chi connectivity index (χ0n) is 12.6. The van der Waals surface area contributed by atoms with Crippen LogP contribution in [0.3, 0.4) is 0 Å². The van der Waals surface area contributed by atoms with Crippen molar-refractivity contribution in [3.63, 3.8) is 0 Å². The van der Waals surface area contributed by atoms with Gasteiger partial charge in [0.25, 0.3) is 0 Å². The molecule has 0 bridgehead atoms. The van der Waals surface area contributed by atoms with Crippen molar-refractivity contribution in [1.29, 1.82) is 0 Å². The first-order valence-corrected chi connectivity index (χ1v) is 8.51. The number of nitrogens with zero attached hydrogens (tertiary/aromatic N) is 4. The monoisotopic (exact) mass is 316 g/mol. The molecule has 120 valence electrons. The summed E-state index contributed by atoms with van der Waals surface area (Å²) in [7, 11) is 0.549. The number of nitrogens with two attached hydrogens (primary N) is 1. The van der Waals surface area contributed by atoms with Crippen LogP contribution in [0.2, 0.25) is 0 Å². The smallest absolute Gasteiger partial charge is 0.243 e. The van der Waals surface area contributed by atoms with Gasteiger partial charge >= 0.3 is 0 Å². The van der Waals surface area contributed by atoms with E-state index in [1.54, 1.807) is 0 Å². The van der Waals surface area contributed by atoms with E-state index in [9.17, 15) is 8.42 Å². The maximum atomic E-state index is 12.3. The summed E-state index contributed by atoms with van der Waals surface area (Å²) in [4.78, 5) is 4.57. The normalized spacial score (nSPS) is 21.8. The summed E-state index contributed by atoms with van der Waals surface area (Å²) >= 11 is 0. The van der Waals surface area contributed by atoms with E-state index in [4.69, 9.17) is 5.73 Å². The van der Waals surface area contributed by atoms with Gasteiger partial charge in [-0.25, -0.2) is 13.1 Å². The van der Waals surface area contributed by atoms with Crippen molar-refractivity contribution in [2.24, 2.45) is 5.73 Å². The Labute approximate surface area is 125 Å². The molecule has 2 rings (SSSR count). The Morgan fingerprint density at radius 2 is 2.19 bits per heavy atom. The molecule has 0 amide bonds. The number of piperazine rings is 1. The summed E-state index contributed by atoms with van der Waals surface area (Å²) < 4.78 is 28.7. The fraction of sp³-hybridized carbons (Fsp3) is 0.750. The first kappa shape index (κ1) is 16.4. The van der Waals surface area contributed by atoms with Gasteiger partial charge in [-0.05, 0) is 14.1 Å². The molecule has 2 heterocycles. The van der Waals surface area contributed by atoms with E-state index in [1.807, 2.05) is 14.1 Å². The first-order chi connectivity index (χ1) is 9.92. The van der Waals surface area contributed by atoms with Crippen LogP contribution in [-0.2, 0) is 16.6 Å². The lowest BCUT2D eigenvalue weighted by Crippen LogP contribution is -2.54. The topological polar surface area (TPSA) is 96.5 Å². The van der Waals surface area contributed by atoms with Crippen LogP contribution >= 0.6 is 0 Å². The highest BCUT2D eigenvalue weighted by molar-refractivity contribution is 7.89. The lowest BCUT2D eigenvalue weighted by atomic mass is 10.2. The maximum Gasteiger partial charge on any atom is 0.243 e. The zero-order valence-corrected chi connectivity index (χ0v) is 13.4. The number of likely N-dealkylation sites (N-methyl/N-ethyl adjacent to an activating group) is 2. The molecule has 1 fully saturated rings. The van der Waals surface area contributed by atoms with Gasteiger partial charge in [-0.2, -0.15) is 5.10 Å². The third kappa shape index (κ3) is 4.24. The minimum Gasteiger partial charge on any atom is -0.329 e. The summed E-state index contributed by atoms with van der Waals surface area (Å²) in [5.74, 6) is 0. The second-order valence-electron chi connectivity index (χ2n) is 5.48. The van der Waals surface area contributed by atoms with Gasteiger partial charge in [0.05, 0.1) is 12.7 Å². The number of nitrogens with one attached hydrogen (secondary N) is 1. The summed E-state index contributed by atoms with van der Waals surface area (Å²) in [6, 6.07) is 0.178. The Hall–Kier alpha value is -1.00. The van der Waals surface area contributed by atoms with Crippen LogP contribution in [0.15, 0.2) is 17.3 Å². The number of hydrogen-bond acceptors (Lipinski definition) is 6. The van der Waals surface area contributed by atoms with Crippen molar-refractivity contribution in [3.05, 3.63) is 12.4 Å². The largest absolute Gasteiger partial charge is 0.329 e. The summed E-state index contributed by atoms with van der Waals surface area (Å²) in [6.07, 6.45) is 2.86. The third-order valence-corrected chi connectivity index (χ3v) is 5.15. The standard InChI is InChI=1S/C12H24N6O2S/c1-16-5-6-17(2)11(9-16)7-15-21(19,20)12-8-14-18(10-12)4-3-13/h8,10-11,15H,3-7,9,13H2,1-2H3. The van der Waals surface area contributed by atoms with E-state index in [0.29, 0.717) is 19.6 Å². The molecule has 1 saturated heterocycles. The van der Waals surface area contributed by atoms with Crippen LogP contribution < -0.4 is 10.5 Å². The molecule has 3 N–H and O–H groups in total. The van der Waals surface area contributed by atoms with Crippen molar-refractivity contribution in [2.75, 3.05) is 46.8 Å².